The fourth-order valence-corrected chi connectivity index (χ4v) is 6.22. The van der Waals surface area contributed by atoms with Gasteiger partial charge in [-0.3, -0.25) is 14.3 Å². The van der Waals surface area contributed by atoms with Gasteiger partial charge in [0.25, 0.3) is 10.0 Å². The summed E-state index contributed by atoms with van der Waals surface area (Å²) in [4.78, 5) is 32.9. The van der Waals surface area contributed by atoms with Crippen molar-refractivity contribution in [2.24, 2.45) is 0 Å². The molecule has 2 aromatic carbocycles. The van der Waals surface area contributed by atoms with Crippen LogP contribution in [0.1, 0.15) is 21.4 Å². The van der Waals surface area contributed by atoms with Crippen LogP contribution in [-0.4, -0.2) is 54.3 Å². The maximum absolute atomic E-state index is 13.2. The molecule has 1 aliphatic heterocycles. The molecule has 1 N–H and O–H groups in total. The quantitative estimate of drug-likeness (QED) is 0.351. The van der Waals surface area contributed by atoms with Crippen molar-refractivity contribution in [1.82, 2.24) is 14.5 Å². The highest BCUT2D eigenvalue weighted by Crippen LogP contribution is 2.33. The molecule has 0 bridgehead atoms. The zero-order valence-electron chi connectivity index (χ0n) is 20.4. The van der Waals surface area contributed by atoms with E-state index in [0.717, 1.165) is 23.5 Å². The Morgan fingerprint density at radius 1 is 1.13 bits per heavy atom. The Kier molecular flexibility index (Phi) is 6.84. The van der Waals surface area contributed by atoms with Crippen molar-refractivity contribution in [2.45, 2.75) is 24.0 Å². The molecule has 14 heteroatoms. The van der Waals surface area contributed by atoms with E-state index in [2.05, 4.69) is 9.71 Å². The molecule has 1 aliphatic rings. The fraction of sp³-hybridized carbons (Fsp3) is 0.240. The van der Waals surface area contributed by atoms with Crippen LogP contribution in [0.5, 0.6) is 0 Å². The number of carbonyl (C=O) groups is 2. The number of anilines is 2. The van der Waals surface area contributed by atoms with Crippen molar-refractivity contribution in [2.75, 3.05) is 29.3 Å². The number of nitrogens with zero attached hydrogens (tertiary/aromatic N) is 4. The summed E-state index contributed by atoms with van der Waals surface area (Å²) in [5.74, 6) is -0.761. The van der Waals surface area contributed by atoms with Gasteiger partial charge in [0.05, 0.1) is 10.5 Å². The molecular weight excluding hydrogens is 555 g/mol. The topological polar surface area (TPSA) is 105 Å². The molecule has 0 aliphatic carbocycles. The average Bonchev–Trinajstić information content (AvgIpc) is 3.56. The number of carbonyl (C=O) groups excluding carboxylic acids is 2. The average molecular weight is 582 g/mol. The monoisotopic (exact) mass is 581 g/mol. The third kappa shape index (κ3) is 5.34. The summed E-state index contributed by atoms with van der Waals surface area (Å²) in [6, 6.07) is 9.96. The first-order valence-corrected chi connectivity index (χ1v) is 14.1. The molecule has 0 unspecified atom stereocenters. The lowest BCUT2D eigenvalue weighted by Gasteiger charge is -2.35. The molecule has 0 spiro atoms. The molecule has 5 rings (SSSR count). The van der Waals surface area contributed by atoms with Gasteiger partial charge >= 0.3 is 6.18 Å². The third-order valence-electron chi connectivity index (χ3n) is 6.47. The Labute approximate surface area is 228 Å². The van der Waals surface area contributed by atoms with E-state index < -0.39 is 33.7 Å². The Balaban J connectivity index is 0.00000231. The predicted molar refractivity (Wildman–Crippen MR) is 144 cm³/mol. The van der Waals surface area contributed by atoms with Crippen LogP contribution in [0.15, 0.2) is 71.2 Å². The summed E-state index contributed by atoms with van der Waals surface area (Å²) < 4.78 is 68.6. The molecule has 39 heavy (non-hydrogen) atoms. The fourth-order valence-electron chi connectivity index (χ4n) is 4.43. The van der Waals surface area contributed by atoms with E-state index in [1.807, 2.05) is 0 Å². The van der Waals surface area contributed by atoms with Crippen molar-refractivity contribution in [3.8, 4) is 0 Å². The van der Waals surface area contributed by atoms with Crippen LogP contribution in [0, 0.1) is 0 Å². The van der Waals surface area contributed by atoms with E-state index in [0.29, 0.717) is 11.1 Å². The minimum Gasteiger partial charge on any atom is -0.335 e. The van der Waals surface area contributed by atoms with E-state index in [1.54, 1.807) is 24.6 Å². The van der Waals surface area contributed by atoms with Gasteiger partial charge < -0.3 is 14.4 Å². The highest BCUT2D eigenvalue weighted by molar-refractivity contribution is 7.93. The van der Waals surface area contributed by atoms with E-state index in [9.17, 15) is 31.2 Å². The summed E-state index contributed by atoms with van der Waals surface area (Å²) in [5, 5.41) is 2.44. The minimum absolute atomic E-state index is 0. The molecule has 1 saturated heterocycles. The molecule has 2 amide bonds. The van der Waals surface area contributed by atoms with Crippen LogP contribution in [0.3, 0.4) is 0 Å². The smallest absolute Gasteiger partial charge is 0.335 e. The number of hydrogen-bond donors (Lipinski definition) is 1. The number of nitrogens with one attached hydrogen (secondary N) is 1. The molecule has 1 fully saturated rings. The van der Waals surface area contributed by atoms with Gasteiger partial charge in [0, 0.05) is 44.9 Å². The van der Waals surface area contributed by atoms with Gasteiger partial charge in [-0.25, -0.2) is 13.4 Å². The van der Waals surface area contributed by atoms with Gasteiger partial charge in [0.1, 0.15) is 12.6 Å². The van der Waals surface area contributed by atoms with Crippen LogP contribution < -0.4 is 9.62 Å². The molecule has 208 valence electrons. The lowest BCUT2D eigenvalue weighted by molar-refractivity contribution is -0.139. The number of fused-ring (bicyclic) bond motifs is 1. The largest absolute Gasteiger partial charge is 0.416 e. The SMILES string of the molecule is C[C@@H](C(=O)N1CCN(c2ccc(S(=O)(=O)Nc3nccs3)cc2)C(=O)C1)n1ccc2ccc(C(F)(F)F)cc21.[HH].[HH]. The summed E-state index contributed by atoms with van der Waals surface area (Å²) >= 11 is 1.14. The Bertz CT molecular complexity index is 1650. The van der Waals surface area contributed by atoms with Gasteiger partial charge in [0.15, 0.2) is 5.13 Å². The van der Waals surface area contributed by atoms with Crippen molar-refractivity contribution in [1.29, 1.82) is 0 Å². The van der Waals surface area contributed by atoms with Crippen LogP contribution in [0.2, 0.25) is 0 Å². The van der Waals surface area contributed by atoms with Gasteiger partial charge in [-0.2, -0.15) is 13.2 Å². The number of benzene rings is 2. The number of aromatic nitrogens is 2. The number of hydrogen-bond acceptors (Lipinski definition) is 6. The second kappa shape index (κ2) is 10.0. The zero-order chi connectivity index (χ0) is 27.9. The number of halogens is 3. The Hall–Kier alpha value is -3.91. The summed E-state index contributed by atoms with van der Waals surface area (Å²) in [5.41, 5.74) is -0.0596. The highest BCUT2D eigenvalue weighted by atomic mass is 32.2. The first kappa shape index (κ1) is 26.7. The van der Waals surface area contributed by atoms with E-state index >= 15 is 0 Å². The number of amides is 2. The molecule has 9 nitrogen and oxygen atoms in total. The van der Waals surface area contributed by atoms with Crippen molar-refractivity contribution >= 4 is 54.9 Å². The lowest BCUT2D eigenvalue weighted by Crippen LogP contribution is -2.53. The Morgan fingerprint density at radius 2 is 1.87 bits per heavy atom. The second-order valence-corrected chi connectivity index (χ2v) is 11.5. The number of sulfonamides is 1. The number of rotatable bonds is 6. The normalized spacial score (nSPS) is 15.5. The Morgan fingerprint density at radius 3 is 2.51 bits per heavy atom. The maximum atomic E-state index is 13.2. The third-order valence-corrected chi connectivity index (χ3v) is 8.64. The van der Waals surface area contributed by atoms with Crippen LogP contribution in [0.4, 0.5) is 24.0 Å². The lowest BCUT2D eigenvalue weighted by atomic mass is 10.1. The number of alkyl halides is 3. The van der Waals surface area contributed by atoms with Gasteiger partial charge in [0.2, 0.25) is 11.8 Å². The van der Waals surface area contributed by atoms with Gasteiger partial charge in [-0.1, -0.05) is 6.07 Å². The van der Waals surface area contributed by atoms with Crippen molar-refractivity contribution in [3.63, 3.8) is 0 Å². The van der Waals surface area contributed by atoms with Crippen molar-refractivity contribution < 1.29 is 34.0 Å². The standard InChI is InChI=1S/C25H22F3N5O4S2.2H2/c1-16(32-10-8-17-2-3-18(14-21(17)32)25(26,27)28)23(35)31-11-12-33(22(34)15-31)19-4-6-20(7-5-19)39(36,37)30-24-29-9-13-38-24;;/h2-10,13-14,16H,11-12,15H2,1H3,(H,29,30);2*1H/t16-;;/m0../s1. The first-order chi connectivity index (χ1) is 18.4. The summed E-state index contributed by atoms with van der Waals surface area (Å²) in [6.07, 6.45) is -1.48. The molecule has 4 aromatic rings. The predicted octanol–water partition coefficient (Wildman–Crippen LogP) is 4.85. The molecule has 2 aromatic heterocycles. The van der Waals surface area contributed by atoms with Crippen LogP contribution in [-0.2, 0) is 25.8 Å². The van der Waals surface area contributed by atoms with E-state index in [1.165, 1.54) is 50.9 Å². The van der Waals surface area contributed by atoms with Crippen LogP contribution >= 0.6 is 11.3 Å². The number of thiazole rings is 1. The molecular formula is C25H26F3N5O4S2. The molecule has 0 saturated carbocycles. The van der Waals surface area contributed by atoms with Crippen molar-refractivity contribution in [3.05, 3.63) is 71.9 Å². The summed E-state index contributed by atoms with van der Waals surface area (Å²) in [6.45, 7) is 1.73. The zero-order valence-corrected chi connectivity index (χ0v) is 22.1. The molecule has 1 atom stereocenters. The van der Waals surface area contributed by atoms with E-state index in [4.69, 9.17) is 0 Å². The van der Waals surface area contributed by atoms with Gasteiger partial charge in [-0.05, 0) is 54.8 Å². The second-order valence-electron chi connectivity index (χ2n) is 8.91. The first-order valence-electron chi connectivity index (χ1n) is 11.7. The molecule has 3 heterocycles. The molecule has 0 radical (unpaired) electrons. The van der Waals surface area contributed by atoms with E-state index in [-0.39, 0.29) is 43.9 Å². The summed E-state index contributed by atoms with van der Waals surface area (Å²) in [7, 11) is -3.85. The van der Waals surface area contributed by atoms with Gasteiger partial charge in [-0.15, -0.1) is 11.3 Å². The number of piperazine rings is 1. The van der Waals surface area contributed by atoms with Crippen LogP contribution in [0.25, 0.3) is 10.9 Å². The maximum Gasteiger partial charge on any atom is 0.416 e. The minimum atomic E-state index is -4.51. The highest BCUT2D eigenvalue weighted by Gasteiger charge is 2.33.